The van der Waals surface area contributed by atoms with Crippen molar-refractivity contribution in [2.75, 3.05) is 32.8 Å². The number of carbonyl (C=O) groups is 1. The third kappa shape index (κ3) is 4.27. The van der Waals surface area contributed by atoms with Crippen LogP contribution in [-0.2, 0) is 10.2 Å². The predicted octanol–water partition coefficient (Wildman–Crippen LogP) is 2.20. The number of nitrogens with one attached hydrogen (secondary N) is 1. The van der Waals surface area contributed by atoms with Crippen LogP contribution in [0.5, 0.6) is 0 Å². The van der Waals surface area contributed by atoms with Gasteiger partial charge in [-0.05, 0) is 13.8 Å². The van der Waals surface area contributed by atoms with Crippen LogP contribution in [0.15, 0.2) is 0 Å². The molecule has 0 bridgehead atoms. The molecule has 1 saturated heterocycles. The molecular weight excluding hydrogens is 298 g/mol. The number of aromatic nitrogens is 1. The molecule has 5 nitrogen and oxygen atoms in total. The van der Waals surface area contributed by atoms with Gasteiger partial charge in [-0.15, -0.1) is 11.3 Å². The Labute approximate surface area is 137 Å². The Balaban J connectivity index is 1.88. The number of nitrogens with zero attached hydrogens (tertiary/aromatic N) is 2. The van der Waals surface area contributed by atoms with Crippen LogP contribution in [0, 0.1) is 6.92 Å². The predicted molar refractivity (Wildman–Crippen MR) is 89.7 cm³/mol. The highest BCUT2D eigenvalue weighted by Gasteiger charge is 2.23. The average Bonchev–Trinajstić information content (AvgIpc) is 2.83. The summed E-state index contributed by atoms with van der Waals surface area (Å²) in [5.41, 5.74) is 0.809. The number of aryl methyl sites for hydroxylation is 1. The van der Waals surface area contributed by atoms with Crippen molar-refractivity contribution in [1.29, 1.82) is 0 Å². The van der Waals surface area contributed by atoms with Crippen molar-refractivity contribution in [3.8, 4) is 0 Å². The molecule has 1 unspecified atom stereocenters. The summed E-state index contributed by atoms with van der Waals surface area (Å²) in [6.07, 6.45) is 0. The van der Waals surface area contributed by atoms with Gasteiger partial charge in [-0.25, -0.2) is 4.98 Å². The molecule has 0 aliphatic carbocycles. The second-order valence-electron chi connectivity index (χ2n) is 6.90. The monoisotopic (exact) mass is 325 g/mol. The SMILES string of the molecule is Cc1nc(C(C)(C)C)sc1C(=O)NCCN1CCOCC1C. The zero-order valence-electron chi connectivity index (χ0n) is 14.2. The molecule has 1 aliphatic rings. The summed E-state index contributed by atoms with van der Waals surface area (Å²) in [5.74, 6) is -0.00795. The van der Waals surface area contributed by atoms with Gasteiger partial charge in [0.2, 0.25) is 0 Å². The number of morpholine rings is 1. The molecule has 0 spiro atoms. The van der Waals surface area contributed by atoms with Gasteiger partial charge in [0.15, 0.2) is 0 Å². The van der Waals surface area contributed by atoms with E-state index in [1.807, 2.05) is 6.92 Å². The number of amides is 1. The molecule has 1 aromatic rings. The minimum absolute atomic E-state index is 0.00795. The Morgan fingerprint density at radius 3 is 2.82 bits per heavy atom. The Bertz CT molecular complexity index is 522. The average molecular weight is 325 g/mol. The van der Waals surface area contributed by atoms with E-state index in [0.29, 0.717) is 12.6 Å². The van der Waals surface area contributed by atoms with E-state index < -0.39 is 0 Å². The summed E-state index contributed by atoms with van der Waals surface area (Å²) in [6, 6.07) is 0.420. The minimum Gasteiger partial charge on any atom is -0.379 e. The molecule has 1 amide bonds. The molecular formula is C16H27N3O2S. The second-order valence-corrected chi connectivity index (χ2v) is 7.90. The molecule has 124 valence electrons. The first-order valence-electron chi connectivity index (χ1n) is 7.87. The second kappa shape index (κ2) is 7.06. The molecule has 1 atom stereocenters. The summed E-state index contributed by atoms with van der Waals surface area (Å²) >= 11 is 1.50. The maximum atomic E-state index is 12.3. The first-order chi connectivity index (χ1) is 10.3. The van der Waals surface area contributed by atoms with E-state index in [4.69, 9.17) is 4.74 Å². The molecule has 22 heavy (non-hydrogen) atoms. The lowest BCUT2D eigenvalue weighted by molar-refractivity contribution is 0.000544. The maximum absolute atomic E-state index is 12.3. The van der Waals surface area contributed by atoms with E-state index in [2.05, 4.69) is 42.9 Å². The van der Waals surface area contributed by atoms with Crippen molar-refractivity contribution in [2.45, 2.75) is 46.1 Å². The van der Waals surface area contributed by atoms with Gasteiger partial charge in [-0.3, -0.25) is 9.69 Å². The van der Waals surface area contributed by atoms with Gasteiger partial charge in [-0.2, -0.15) is 0 Å². The Hall–Kier alpha value is -0.980. The smallest absolute Gasteiger partial charge is 0.263 e. The van der Waals surface area contributed by atoms with Crippen LogP contribution in [0.1, 0.15) is 48.1 Å². The largest absolute Gasteiger partial charge is 0.379 e. The molecule has 1 fully saturated rings. The fourth-order valence-electron chi connectivity index (χ4n) is 2.41. The van der Waals surface area contributed by atoms with Crippen molar-refractivity contribution < 1.29 is 9.53 Å². The van der Waals surface area contributed by atoms with E-state index in [-0.39, 0.29) is 11.3 Å². The van der Waals surface area contributed by atoms with Crippen molar-refractivity contribution >= 4 is 17.2 Å². The summed E-state index contributed by atoms with van der Waals surface area (Å²) in [6.45, 7) is 14.4. The number of ether oxygens (including phenoxy) is 1. The first-order valence-corrected chi connectivity index (χ1v) is 8.68. The van der Waals surface area contributed by atoms with E-state index in [1.54, 1.807) is 0 Å². The van der Waals surface area contributed by atoms with Gasteiger partial charge in [0, 0.05) is 31.1 Å². The van der Waals surface area contributed by atoms with Gasteiger partial charge in [0.1, 0.15) is 4.88 Å². The zero-order valence-corrected chi connectivity index (χ0v) is 15.0. The first kappa shape index (κ1) is 17.4. The summed E-state index contributed by atoms with van der Waals surface area (Å²) < 4.78 is 5.42. The third-order valence-electron chi connectivity index (χ3n) is 3.83. The van der Waals surface area contributed by atoms with Crippen LogP contribution in [0.4, 0.5) is 0 Å². The molecule has 0 radical (unpaired) electrons. The number of carbonyl (C=O) groups excluding carboxylic acids is 1. The van der Waals surface area contributed by atoms with Crippen LogP contribution in [0.25, 0.3) is 0 Å². The molecule has 1 aromatic heterocycles. The molecule has 0 saturated carbocycles. The van der Waals surface area contributed by atoms with Crippen molar-refractivity contribution in [3.63, 3.8) is 0 Å². The molecule has 0 aromatic carbocycles. The van der Waals surface area contributed by atoms with E-state index >= 15 is 0 Å². The van der Waals surface area contributed by atoms with Gasteiger partial charge in [0.25, 0.3) is 5.91 Å². The van der Waals surface area contributed by atoms with Crippen LogP contribution >= 0.6 is 11.3 Å². The van der Waals surface area contributed by atoms with Gasteiger partial charge >= 0.3 is 0 Å². The van der Waals surface area contributed by atoms with Crippen LogP contribution < -0.4 is 5.32 Å². The fourth-order valence-corrected chi connectivity index (χ4v) is 3.46. The van der Waals surface area contributed by atoms with Crippen LogP contribution in [-0.4, -0.2) is 54.7 Å². The van der Waals surface area contributed by atoms with Gasteiger partial charge in [0.05, 0.1) is 23.9 Å². The lowest BCUT2D eigenvalue weighted by Gasteiger charge is -2.33. The Kier molecular flexibility index (Phi) is 5.58. The fraction of sp³-hybridized carbons (Fsp3) is 0.750. The third-order valence-corrected chi connectivity index (χ3v) is 5.42. The van der Waals surface area contributed by atoms with Crippen molar-refractivity contribution in [1.82, 2.24) is 15.2 Å². The Morgan fingerprint density at radius 1 is 1.50 bits per heavy atom. The van der Waals surface area contributed by atoms with Crippen molar-refractivity contribution in [3.05, 3.63) is 15.6 Å². The number of hydrogen-bond donors (Lipinski definition) is 1. The van der Waals surface area contributed by atoms with Crippen LogP contribution in [0.2, 0.25) is 0 Å². The highest BCUT2D eigenvalue weighted by atomic mass is 32.1. The minimum atomic E-state index is -0.0167. The molecule has 2 heterocycles. The van der Waals surface area contributed by atoms with Crippen molar-refractivity contribution in [2.24, 2.45) is 0 Å². The highest BCUT2D eigenvalue weighted by Crippen LogP contribution is 2.29. The molecule has 6 heteroatoms. The number of thiazole rings is 1. The lowest BCUT2D eigenvalue weighted by Crippen LogP contribution is -2.46. The summed E-state index contributed by atoms with van der Waals surface area (Å²) in [7, 11) is 0. The van der Waals surface area contributed by atoms with Gasteiger partial charge < -0.3 is 10.1 Å². The molecule has 2 rings (SSSR count). The number of hydrogen-bond acceptors (Lipinski definition) is 5. The van der Waals surface area contributed by atoms with E-state index in [1.165, 1.54) is 11.3 Å². The highest BCUT2D eigenvalue weighted by molar-refractivity contribution is 7.14. The van der Waals surface area contributed by atoms with E-state index in [0.717, 1.165) is 41.9 Å². The molecule has 1 N–H and O–H groups in total. The quantitative estimate of drug-likeness (QED) is 0.922. The summed E-state index contributed by atoms with van der Waals surface area (Å²) in [5, 5.41) is 4.03. The topological polar surface area (TPSA) is 54.5 Å². The number of rotatable bonds is 4. The maximum Gasteiger partial charge on any atom is 0.263 e. The Morgan fingerprint density at radius 2 is 2.23 bits per heavy atom. The standard InChI is InChI=1S/C16H27N3O2S/c1-11-10-21-9-8-19(11)7-6-17-14(20)13-12(2)18-15(22-13)16(3,4)5/h11H,6-10H2,1-5H3,(H,17,20). The lowest BCUT2D eigenvalue weighted by atomic mass is 9.98. The zero-order chi connectivity index (χ0) is 16.3. The van der Waals surface area contributed by atoms with Gasteiger partial charge in [-0.1, -0.05) is 20.8 Å². The van der Waals surface area contributed by atoms with E-state index in [9.17, 15) is 4.79 Å². The molecule has 1 aliphatic heterocycles. The normalized spacial score (nSPS) is 20.1. The van der Waals surface area contributed by atoms with Crippen LogP contribution in [0.3, 0.4) is 0 Å². The summed E-state index contributed by atoms with van der Waals surface area (Å²) in [4.78, 5) is 20.0.